The average molecular weight is 468 g/mol. The van der Waals surface area contributed by atoms with Gasteiger partial charge in [-0.15, -0.1) is 0 Å². The Bertz CT molecular complexity index is 814. The molecule has 1 heterocycles. The summed E-state index contributed by atoms with van der Waals surface area (Å²) in [5, 5.41) is 36.6. The lowest BCUT2D eigenvalue weighted by Gasteiger charge is -2.70. The second kappa shape index (κ2) is 7.13. The predicted molar refractivity (Wildman–Crippen MR) is 119 cm³/mol. The minimum Gasteiger partial charge on any atom is -0.396 e. The van der Waals surface area contributed by atoms with E-state index in [4.69, 9.17) is 18.9 Å². The summed E-state index contributed by atoms with van der Waals surface area (Å²) in [6, 6.07) is -0.312. The normalized spacial score (nSPS) is 60.9. The third-order valence-electron chi connectivity index (χ3n) is 11.6. The van der Waals surface area contributed by atoms with Crippen molar-refractivity contribution in [3.05, 3.63) is 0 Å². The van der Waals surface area contributed by atoms with E-state index in [0.29, 0.717) is 13.0 Å². The molecule has 6 aliphatic rings. The summed E-state index contributed by atoms with van der Waals surface area (Å²) in [6.07, 6.45) is 1.81. The Morgan fingerprint density at radius 3 is 2.36 bits per heavy atom. The van der Waals surface area contributed by atoms with Crippen LogP contribution in [0.5, 0.6) is 0 Å². The van der Waals surface area contributed by atoms with Crippen LogP contribution in [-0.4, -0.2) is 110 Å². The molecule has 33 heavy (non-hydrogen) atoms. The van der Waals surface area contributed by atoms with Crippen LogP contribution in [0.25, 0.3) is 0 Å². The highest BCUT2D eigenvalue weighted by Gasteiger charge is 2.91. The van der Waals surface area contributed by atoms with Crippen molar-refractivity contribution in [2.24, 2.45) is 34.5 Å². The molecule has 0 radical (unpaired) electrons. The Labute approximate surface area is 196 Å². The second-order valence-corrected chi connectivity index (χ2v) is 11.8. The Hall–Kier alpha value is -0.320. The standard InChI is InChI=1S/C25H41NO7/c1-6-26-11-22(12-27)8-7-16(31-3)24-14-9-13-15(30-2)10-23(28,17(14)18(13)32-4)25(29,21(24)26)20(33-5)19(22)24/h13-21,27-29H,6-12H2,1-5H3/t13-,14-,15+,16+,17-,18+,19-,20-,21?,22+,23-,24+,25+/m1/s1. The van der Waals surface area contributed by atoms with Gasteiger partial charge in [-0.1, -0.05) is 6.92 Å². The molecular formula is C25H41NO7. The smallest absolute Gasteiger partial charge is 0.136 e. The predicted octanol–water partition coefficient (Wildman–Crippen LogP) is 0.271. The first-order chi connectivity index (χ1) is 15.8. The molecule has 188 valence electrons. The van der Waals surface area contributed by atoms with E-state index < -0.39 is 28.1 Å². The lowest BCUT2D eigenvalue weighted by molar-refractivity contribution is -0.320. The molecule has 0 aromatic heterocycles. The number of nitrogens with zero attached hydrogens (tertiary/aromatic N) is 1. The Morgan fingerprint density at radius 1 is 1.03 bits per heavy atom. The number of methoxy groups -OCH3 is 4. The van der Waals surface area contributed by atoms with Crippen molar-refractivity contribution in [1.29, 1.82) is 0 Å². The van der Waals surface area contributed by atoms with E-state index in [-0.39, 0.29) is 54.6 Å². The number of likely N-dealkylation sites (N-methyl/N-ethyl adjacent to an activating group) is 1. The minimum atomic E-state index is -1.52. The highest BCUT2D eigenvalue weighted by atomic mass is 16.5. The van der Waals surface area contributed by atoms with E-state index in [1.807, 2.05) is 0 Å². The van der Waals surface area contributed by atoms with Crippen molar-refractivity contribution >= 4 is 0 Å². The van der Waals surface area contributed by atoms with Gasteiger partial charge in [0, 0.05) is 70.0 Å². The lowest BCUT2D eigenvalue weighted by Crippen LogP contribution is -2.82. The fourth-order valence-electron chi connectivity index (χ4n) is 11.0. The van der Waals surface area contributed by atoms with Crippen molar-refractivity contribution < 1.29 is 34.3 Å². The van der Waals surface area contributed by atoms with Gasteiger partial charge < -0.3 is 34.3 Å². The molecule has 0 amide bonds. The van der Waals surface area contributed by atoms with Crippen LogP contribution >= 0.6 is 0 Å². The zero-order valence-corrected chi connectivity index (χ0v) is 20.6. The lowest BCUT2D eigenvalue weighted by atomic mass is 9.42. The van der Waals surface area contributed by atoms with Crippen molar-refractivity contribution in [1.82, 2.24) is 4.90 Å². The molecule has 8 nitrogen and oxygen atoms in total. The second-order valence-electron chi connectivity index (χ2n) is 11.8. The van der Waals surface area contributed by atoms with Gasteiger partial charge in [0.05, 0.1) is 37.1 Å². The van der Waals surface area contributed by atoms with Crippen LogP contribution in [0.4, 0.5) is 0 Å². The maximum absolute atomic E-state index is 13.0. The van der Waals surface area contributed by atoms with E-state index in [9.17, 15) is 15.3 Å². The van der Waals surface area contributed by atoms with Gasteiger partial charge in [0.1, 0.15) is 11.2 Å². The topological polar surface area (TPSA) is 101 Å². The van der Waals surface area contributed by atoms with E-state index >= 15 is 0 Å². The third-order valence-corrected chi connectivity index (χ3v) is 11.6. The molecule has 0 aromatic carbocycles. The molecule has 6 rings (SSSR count). The van der Waals surface area contributed by atoms with Crippen LogP contribution in [0.2, 0.25) is 0 Å². The molecule has 5 aliphatic carbocycles. The highest BCUT2D eigenvalue weighted by molar-refractivity contribution is 5.41. The summed E-state index contributed by atoms with van der Waals surface area (Å²) in [6.45, 7) is 3.59. The third kappa shape index (κ3) is 2.16. The average Bonchev–Trinajstić information content (AvgIpc) is 3.24. The Kier molecular flexibility index (Phi) is 4.99. The maximum Gasteiger partial charge on any atom is 0.136 e. The van der Waals surface area contributed by atoms with Crippen molar-refractivity contribution in [3.63, 3.8) is 0 Å². The van der Waals surface area contributed by atoms with E-state index in [1.165, 1.54) is 0 Å². The molecule has 1 aliphatic heterocycles. The molecule has 1 unspecified atom stereocenters. The van der Waals surface area contributed by atoms with Crippen molar-refractivity contribution in [2.45, 2.75) is 74.3 Å². The number of ether oxygens (including phenoxy) is 4. The van der Waals surface area contributed by atoms with Crippen molar-refractivity contribution in [3.8, 4) is 0 Å². The van der Waals surface area contributed by atoms with Crippen LogP contribution in [-0.2, 0) is 18.9 Å². The summed E-state index contributed by atoms with van der Waals surface area (Å²) in [5.74, 6) is -0.0916. The highest BCUT2D eigenvalue weighted by Crippen LogP contribution is 2.80. The molecule has 8 heteroatoms. The minimum absolute atomic E-state index is 0.0443. The number of fused-ring (bicyclic) bond motifs is 2. The summed E-state index contributed by atoms with van der Waals surface area (Å²) in [5.41, 5.74) is -3.78. The number of likely N-dealkylation sites (tertiary alicyclic amines) is 1. The number of aliphatic hydroxyl groups excluding tert-OH is 1. The van der Waals surface area contributed by atoms with Crippen LogP contribution in [0.15, 0.2) is 0 Å². The number of piperidine rings is 1. The van der Waals surface area contributed by atoms with E-state index in [1.54, 1.807) is 28.4 Å². The molecule has 13 atom stereocenters. The molecule has 6 fully saturated rings. The van der Waals surface area contributed by atoms with Crippen LogP contribution in [0, 0.1) is 34.5 Å². The van der Waals surface area contributed by atoms with Gasteiger partial charge in [-0.05, 0) is 31.7 Å². The molecule has 1 saturated heterocycles. The summed E-state index contributed by atoms with van der Waals surface area (Å²) < 4.78 is 24.5. The Balaban J connectivity index is 1.68. The summed E-state index contributed by atoms with van der Waals surface area (Å²) >= 11 is 0. The maximum atomic E-state index is 13.0. The van der Waals surface area contributed by atoms with Gasteiger partial charge in [-0.25, -0.2) is 0 Å². The van der Waals surface area contributed by atoms with Crippen LogP contribution < -0.4 is 0 Å². The van der Waals surface area contributed by atoms with Crippen LogP contribution in [0.3, 0.4) is 0 Å². The molecular weight excluding hydrogens is 426 g/mol. The van der Waals surface area contributed by atoms with E-state index in [2.05, 4.69) is 11.8 Å². The first kappa shape index (κ1) is 23.1. The van der Waals surface area contributed by atoms with Gasteiger partial charge >= 0.3 is 0 Å². The largest absolute Gasteiger partial charge is 0.396 e. The SMILES string of the molecule is CCN1C[C@]2(CO)CC[C@H](OC)[C@]34C1[C@@](O)([C@H](OC)[C@H]23)[C@@]1(O)C[C@H](OC)[C@H]2C[C@@H]4[C@@H]1[C@H]2OC. The fourth-order valence-corrected chi connectivity index (χ4v) is 11.0. The molecule has 1 spiro atoms. The summed E-state index contributed by atoms with van der Waals surface area (Å²) in [7, 11) is 6.85. The molecule has 7 bridgehead atoms. The van der Waals surface area contributed by atoms with Gasteiger partial charge in [-0.3, -0.25) is 4.90 Å². The Morgan fingerprint density at radius 2 is 1.79 bits per heavy atom. The summed E-state index contributed by atoms with van der Waals surface area (Å²) in [4.78, 5) is 2.33. The zero-order chi connectivity index (χ0) is 23.6. The number of hydrogen-bond acceptors (Lipinski definition) is 8. The van der Waals surface area contributed by atoms with Gasteiger partial charge in [0.15, 0.2) is 0 Å². The number of hydrogen-bond donors (Lipinski definition) is 3. The van der Waals surface area contributed by atoms with Crippen LogP contribution in [0.1, 0.15) is 32.6 Å². The van der Waals surface area contributed by atoms with E-state index in [0.717, 1.165) is 25.8 Å². The monoisotopic (exact) mass is 467 g/mol. The molecule has 3 N–H and O–H groups in total. The molecule has 5 saturated carbocycles. The fraction of sp³-hybridized carbons (Fsp3) is 1.00. The van der Waals surface area contributed by atoms with Gasteiger partial charge in [0.25, 0.3) is 0 Å². The quantitative estimate of drug-likeness (QED) is 0.512. The van der Waals surface area contributed by atoms with Gasteiger partial charge in [-0.2, -0.15) is 0 Å². The number of rotatable bonds is 6. The van der Waals surface area contributed by atoms with Gasteiger partial charge in [0.2, 0.25) is 0 Å². The zero-order valence-electron chi connectivity index (χ0n) is 20.6. The molecule has 0 aromatic rings. The first-order valence-corrected chi connectivity index (χ1v) is 12.7. The first-order valence-electron chi connectivity index (χ1n) is 12.7. The van der Waals surface area contributed by atoms with Crippen molar-refractivity contribution in [2.75, 3.05) is 48.1 Å². The number of aliphatic hydroxyl groups is 3.